The standard InChI is InChI=1S/C16H7F6O4PS/c17-9-10(18)12(20)14(13(21)11(9)19)26-16(23)8-4-6-3-5(15(22)27(24)25)1-2-7(6)28-8/h1-4,15,24-25H. The molecule has 28 heavy (non-hydrogen) atoms. The van der Waals surface area contributed by atoms with E-state index in [9.17, 15) is 31.1 Å². The molecule has 0 amide bonds. The molecule has 3 aromatic rings. The van der Waals surface area contributed by atoms with Gasteiger partial charge in [0.05, 0.1) is 0 Å². The summed E-state index contributed by atoms with van der Waals surface area (Å²) in [5, 5.41) is 0.270. The number of carbonyl (C=O) groups excluding carboxylic acids is 1. The predicted molar refractivity (Wildman–Crippen MR) is 88.2 cm³/mol. The first-order valence-corrected chi connectivity index (χ1v) is 9.33. The highest BCUT2D eigenvalue weighted by Gasteiger charge is 2.29. The molecule has 12 heteroatoms. The number of halogens is 6. The fraction of sp³-hybridized carbons (Fsp3) is 0.0625. The molecule has 3 rings (SSSR count). The van der Waals surface area contributed by atoms with E-state index in [2.05, 4.69) is 4.74 Å². The molecule has 0 bridgehead atoms. The Balaban J connectivity index is 1.95. The molecular formula is C16H7F6O4PS. The van der Waals surface area contributed by atoms with Crippen LogP contribution in [0.4, 0.5) is 26.3 Å². The Labute approximate surface area is 157 Å². The Morgan fingerprint density at radius 3 is 2.11 bits per heavy atom. The fourth-order valence-corrected chi connectivity index (χ4v) is 3.61. The highest BCUT2D eigenvalue weighted by atomic mass is 32.1. The van der Waals surface area contributed by atoms with Crippen LogP contribution in [0, 0.1) is 29.1 Å². The minimum Gasteiger partial charge on any atom is -0.416 e. The number of thiophene rings is 1. The third kappa shape index (κ3) is 3.58. The second kappa shape index (κ2) is 7.67. The van der Waals surface area contributed by atoms with E-state index in [0.29, 0.717) is 4.70 Å². The number of esters is 1. The molecule has 0 radical (unpaired) electrons. The molecule has 0 aliphatic heterocycles. The van der Waals surface area contributed by atoms with Gasteiger partial charge in [-0.05, 0) is 29.1 Å². The molecule has 4 nitrogen and oxygen atoms in total. The Hall–Kier alpha value is -2.20. The van der Waals surface area contributed by atoms with Gasteiger partial charge in [-0.3, -0.25) is 0 Å². The Morgan fingerprint density at radius 2 is 1.54 bits per heavy atom. The summed E-state index contributed by atoms with van der Waals surface area (Å²) in [5.41, 5.74) is -0.0823. The lowest BCUT2D eigenvalue weighted by molar-refractivity contribution is 0.0721. The van der Waals surface area contributed by atoms with E-state index < -0.39 is 55.1 Å². The lowest BCUT2D eigenvalue weighted by Crippen LogP contribution is -2.12. The smallest absolute Gasteiger partial charge is 0.353 e. The van der Waals surface area contributed by atoms with E-state index in [0.717, 1.165) is 17.4 Å². The third-order valence-corrected chi connectivity index (χ3v) is 5.38. The predicted octanol–water partition coefficient (Wildman–Crippen LogP) is 5.08. The zero-order valence-corrected chi connectivity index (χ0v) is 14.9. The number of benzene rings is 2. The summed E-state index contributed by atoms with van der Waals surface area (Å²) in [5.74, 6) is -16.7. The number of hydrogen-bond donors (Lipinski definition) is 2. The average molecular weight is 440 g/mol. The van der Waals surface area contributed by atoms with E-state index in [1.54, 1.807) is 0 Å². The van der Waals surface area contributed by atoms with Crippen LogP contribution in [0.5, 0.6) is 5.75 Å². The number of rotatable bonds is 4. The second-order valence-corrected chi connectivity index (χ2v) is 7.53. The number of fused-ring (bicyclic) bond motifs is 1. The van der Waals surface area contributed by atoms with E-state index in [4.69, 9.17) is 9.79 Å². The summed E-state index contributed by atoms with van der Waals surface area (Å²) in [6.45, 7) is 0. The third-order valence-electron chi connectivity index (χ3n) is 3.58. The molecule has 1 unspecified atom stereocenters. The van der Waals surface area contributed by atoms with E-state index >= 15 is 0 Å². The SMILES string of the molecule is O=C(Oc1c(F)c(F)c(F)c(F)c1F)c1cc2cc(C(F)P(O)O)ccc2s1. The molecule has 0 fully saturated rings. The Bertz CT molecular complexity index is 1060. The van der Waals surface area contributed by atoms with Crippen LogP contribution in [0.1, 0.15) is 21.1 Å². The van der Waals surface area contributed by atoms with Crippen molar-refractivity contribution < 1.29 is 45.7 Å². The second-order valence-electron chi connectivity index (χ2n) is 5.35. The van der Waals surface area contributed by atoms with Gasteiger partial charge in [0.15, 0.2) is 5.91 Å². The first-order valence-electron chi connectivity index (χ1n) is 7.20. The van der Waals surface area contributed by atoms with Crippen LogP contribution in [0.2, 0.25) is 0 Å². The molecule has 0 saturated heterocycles. The fourth-order valence-electron chi connectivity index (χ4n) is 2.26. The van der Waals surface area contributed by atoms with Crippen LogP contribution in [0.25, 0.3) is 10.1 Å². The van der Waals surface area contributed by atoms with Crippen LogP contribution in [0.15, 0.2) is 24.3 Å². The highest BCUT2D eigenvalue weighted by Crippen LogP contribution is 2.45. The van der Waals surface area contributed by atoms with Gasteiger partial charge in [0.2, 0.25) is 43.2 Å². The summed E-state index contributed by atoms with van der Waals surface area (Å²) in [4.78, 5) is 29.7. The largest absolute Gasteiger partial charge is 0.416 e. The minimum absolute atomic E-state index is 0.0823. The van der Waals surface area contributed by atoms with Crippen molar-refractivity contribution in [3.05, 3.63) is 63.8 Å². The number of carbonyl (C=O) groups is 1. The molecule has 0 saturated carbocycles. The van der Waals surface area contributed by atoms with E-state index in [1.807, 2.05) is 0 Å². The Morgan fingerprint density at radius 1 is 0.964 bits per heavy atom. The summed E-state index contributed by atoms with van der Waals surface area (Å²) in [6.07, 6.45) is 0. The number of alkyl halides is 1. The van der Waals surface area contributed by atoms with Crippen LogP contribution in [-0.2, 0) is 0 Å². The molecule has 1 aromatic heterocycles. The van der Waals surface area contributed by atoms with Crippen LogP contribution >= 0.6 is 19.7 Å². The van der Waals surface area contributed by atoms with Crippen molar-refractivity contribution in [2.45, 2.75) is 5.91 Å². The van der Waals surface area contributed by atoms with Crippen molar-refractivity contribution in [2.75, 3.05) is 0 Å². The van der Waals surface area contributed by atoms with Crippen molar-refractivity contribution >= 4 is 35.8 Å². The summed E-state index contributed by atoms with van der Waals surface area (Å²) < 4.78 is 85.1. The lowest BCUT2D eigenvalue weighted by Gasteiger charge is -2.08. The van der Waals surface area contributed by atoms with Crippen LogP contribution in [0.3, 0.4) is 0 Å². The molecule has 1 atom stereocenters. The maximum absolute atomic E-state index is 13.7. The summed E-state index contributed by atoms with van der Waals surface area (Å²) in [6, 6.07) is 4.95. The summed E-state index contributed by atoms with van der Waals surface area (Å²) >= 11 is 0.754. The number of ether oxygens (including phenoxy) is 1. The van der Waals surface area contributed by atoms with Gasteiger partial charge < -0.3 is 14.5 Å². The van der Waals surface area contributed by atoms with E-state index in [-0.39, 0.29) is 15.8 Å². The zero-order valence-electron chi connectivity index (χ0n) is 13.2. The average Bonchev–Trinajstić information content (AvgIpc) is 3.10. The molecule has 0 aliphatic rings. The summed E-state index contributed by atoms with van der Waals surface area (Å²) in [7, 11) is -2.89. The topological polar surface area (TPSA) is 66.8 Å². The molecule has 0 spiro atoms. The van der Waals surface area contributed by atoms with Gasteiger partial charge >= 0.3 is 5.97 Å². The molecule has 0 aliphatic carbocycles. The van der Waals surface area contributed by atoms with Gasteiger partial charge in [-0.1, -0.05) is 6.07 Å². The minimum atomic E-state index is -2.89. The van der Waals surface area contributed by atoms with Gasteiger partial charge in [-0.15, -0.1) is 11.3 Å². The van der Waals surface area contributed by atoms with Gasteiger partial charge in [0, 0.05) is 4.70 Å². The normalized spacial score (nSPS) is 12.6. The number of hydrogen-bond acceptors (Lipinski definition) is 5. The molecule has 148 valence electrons. The highest BCUT2D eigenvalue weighted by molar-refractivity contribution is 7.45. The maximum atomic E-state index is 13.7. The monoisotopic (exact) mass is 440 g/mol. The van der Waals surface area contributed by atoms with Crippen LogP contribution < -0.4 is 4.74 Å². The van der Waals surface area contributed by atoms with Gasteiger partial charge in [-0.2, -0.15) is 8.78 Å². The first-order chi connectivity index (χ1) is 13.1. The van der Waals surface area contributed by atoms with Crippen molar-refractivity contribution in [1.29, 1.82) is 0 Å². The molecule has 2 N–H and O–H groups in total. The van der Waals surface area contributed by atoms with Crippen molar-refractivity contribution in [2.24, 2.45) is 0 Å². The van der Waals surface area contributed by atoms with Gasteiger partial charge in [0.1, 0.15) is 4.88 Å². The molecular weight excluding hydrogens is 433 g/mol. The van der Waals surface area contributed by atoms with Crippen molar-refractivity contribution in [3.8, 4) is 5.75 Å². The molecule has 2 aromatic carbocycles. The maximum Gasteiger partial charge on any atom is 0.353 e. The van der Waals surface area contributed by atoms with Gasteiger partial charge in [0.25, 0.3) is 0 Å². The van der Waals surface area contributed by atoms with E-state index in [1.165, 1.54) is 18.2 Å². The van der Waals surface area contributed by atoms with Gasteiger partial charge in [-0.25, -0.2) is 22.4 Å². The Kier molecular flexibility index (Phi) is 5.62. The quantitative estimate of drug-likeness (QED) is 0.148. The molecule has 1 heterocycles. The van der Waals surface area contributed by atoms with Crippen LogP contribution in [-0.4, -0.2) is 15.8 Å². The first kappa shape index (κ1) is 20.5. The van der Waals surface area contributed by atoms with Crippen molar-refractivity contribution in [1.82, 2.24) is 0 Å². The lowest BCUT2D eigenvalue weighted by atomic mass is 10.2. The van der Waals surface area contributed by atoms with Crippen molar-refractivity contribution in [3.63, 3.8) is 0 Å². The zero-order chi connectivity index (χ0) is 20.7.